The Hall–Kier alpha value is -0.920. The van der Waals surface area contributed by atoms with Crippen molar-refractivity contribution in [2.45, 2.75) is 43.9 Å². The number of oxazole rings is 1. The van der Waals surface area contributed by atoms with Crippen LogP contribution in [-0.4, -0.2) is 21.9 Å². The van der Waals surface area contributed by atoms with Crippen LogP contribution < -0.4 is 5.32 Å². The van der Waals surface area contributed by atoms with E-state index in [9.17, 15) is 4.79 Å². The van der Waals surface area contributed by atoms with E-state index in [-0.39, 0.29) is 5.91 Å². The summed E-state index contributed by atoms with van der Waals surface area (Å²) >= 11 is 1.59. The summed E-state index contributed by atoms with van der Waals surface area (Å²) in [5.74, 6) is 2.00. The molecule has 0 unspecified atom stereocenters. The van der Waals surface area contributed by atoms with E-state index in [2.05, 4.69) is 10.3 Å². The molecule has 0 bridgehead atoms. The molecule has 1 atom stereocenters. The second-order valence-electron chi connectivity index (χ2n) is 5.47. The maximum Gasteiger partial charge on any atom is 0.236 e. The molecule has 1 amide bonds. The molecule has 0 aromatic carbocycles. The number of aromatic nitrogens is 1. The number of hydrogen-bond acceptors (Lipinski definition) is 6. The zero-order valence-electron chi connectivity index (χ0n) is 12.8. The lowest BCUT2D eigenvalue weighted by atomic mass is 10.1. The van der Waals surface area contributed by atoms with Crippen LogP contribution in [0.15, 0.2) is 28.2 Å². The van der Waals surface area contributed by atoms with Gasteiger partial charge in [-0.3, -0.25) is 4.79 Å². The first-order chi connectivity index (χ1) is 11.3. The number of unbranched alkanes of at least 4 members (excludes halogenated alkanes) is 1. The van der Waals surface area contributed by atoms with Crippen LogP contribution in [0.25, 0.3) is 10.8 Å². The van der Waals surface area contributed by atoms with Crippen molar-refractivity contribution in [3.8, 4) is 10.8 Å². The summed E-state index contributed by atoms with van der Waals surface area (Å²) in [6, 6.07) is 3.94. The molecule has 0 radical (unpaired) electrons. The molecular weight excluding hydrogens is 348 g/mol. The summed E-state index contributed by atoms with van der Waals surface area (Å²) in [6.07, 6.45) is 6.87. The van der Waals surface area contributed by atoms with E-state index in [1.165, 1.54) is 18.6 Å². The van der Waals surface area contributed by atoms with Gasteiger partial charge in [-0.25, -0.2) is 4.98 Å². The number of hydrogen-bond donors (Lipinski definition) is 1. The highest BCUT2D eigenvalue weighted by Gasteiger charge is 2.16. The number of thiophene rings is 1. The lowest BCUT2D eigenvalue weighted by Gasteiger charge is -2.06. The fraction of sp³-hybridized carbons (Fsp3) is 0.500. The van der Waals surface area contributed by atoms with Crippen molar-refractivity contribution >= 4 is 38.8 Å². The molecule has 0 saturated carbocycles. The summed E-state index contributed by atoms with van der Waals surface area (Å²) < 4.78 is 5.44. The zero-order chi connectivity index (χ0) is 15.9. The second kappa shape index (κ2) is 8.80. The van der Waals surface area contributed by atoms with Gasteiger partial charge in [-0.15, -0.1) is 11.3 Å². The molecular formula is C16H20N2O2S3. The number of amides is 1. The molecule has 3 heterocycles. The van der Waals surface area contributed by atoms with Crippen LogP contribution in [0.2, 0.25) is 0 Å². The quantitative estimate of drug-likeness (QED) is 0.539. The van der Waals surface area contributed by atoms with E-state index < -0.39 is 0 Å². The van der Waals surface area contributed by atoms with Crippen molar-refractivity contribution < 1.29 is 9.21 Å². The normalized spacial score (nSPS) is 17.5. The van der Waals surface area contributed by atoms with E-state index in [4.69, 9.17) is 4.42 Å². The van der Waals surface area contributed by atoms with Crippen LogP contribution >= 0.6 is 32.9 Å². The van der Waals surface area contributed by atoms with Crippen LogP contribution in [0.4, 0.5) is 0 Å². The van der Waals surface area contributed by atoms with E-state index in [1.807, 2.05) is 39.1 Å². The largest absolute Gasteiger partial charge is 0.443 e. The highest BCUT2D eigenvalue weighted by Crippen LogP contribution is 2.39. The predicted molar refractivity (Wildman–Crippen MR) is 98.6 cm³/mol. The average Bonchev–Trinajstić information content (AvgIpc) is 3.31. The van der Waals surface area contributed by atoms with Gasteiger partial charge in [-0.2, -0.15) is 0 Å². The fourth-order valence-corrected chi connectivity index (χ4v) is 6.08. The predicted octanol–water partition coefficient (Wildman–Crippen LogP) is 4.73. The smallest absolute Gasteiger partial charge is 0.236 e. The SMILES string of the molecule is O=C(CCCC[C@@H]1CCSS1)NCc1coc(-c2cccs2)n1. The molecule has 2 aromatic heterocycles. The summed E-state index contributed by atoms with van der Waals surface area (Å²) in [6.45, 7) is 0.433. The lowest BCUT2D eigenvalue weighted by Crippen LogP contribution is -2.22. The Balaban J connectivity index is 1.32. The summed E-state index contributed by atoms with van der Waals surface area (Å²) in [7, 11) is 3.98. The number of nitrogens with one attached hydrogen (secondary N) is 1. The van der Waals surface area contributed by atoms with Gasteiger partial charge in [0.25, 0.3) is 0 Å². The van der Waals surface area contributed by atoms with Gasteiger partial charge in [-0.1, -0.05) is 34.1 Å². The number of carbonyl (C=O) groups is 1. The average molecular weight is 369 g/mol. The molecule has 1 saturated heterocycles. The van der Waals surface area contributed by atoms with Crippen molar-refractivity contribution in [2.24, 2.45) is 0 Å². The molecule has 0 spiro atoms. The monoisotopic (exact) mass is 368 g/mol. The molecule has 4 nitrogen and oxygen atoms in total. The number of nitrogens with zero attached hydrogens (tertiary/aromatic N) is 1. The summed E-state index contributed by atoms with van der Waals surface area (Å²) in [4.78, 5) is 17.3. The van der Waals surface area contributed by atoms with Gasteiger partial charge in [0.2, 0.25) is 11.8 Å². The standard InChI is InChI=1S/C16H20N2O2S3/c19-15(6-2-1-4-13-7-9-22-23-13)17-10-12-11-20-16(18-12)14-5-3-8-21-14/h3,5,8,11,13H,1-2,4,6-7,9-10H2,(H,17,19)/t13-/m1/s1. The van der Waals surface area contributed by atoms with Gasteiger partial charge in [0.1, 0.15) is 6.26 Å². The Morgan fingerprint density at radius 1 is 1.43 bits per heavy atom. The van der Waals surface area contributed by atoms with Gasteiger partial charge in [0, 0.05) is 17.4 Å². The van der Waals surface area contributed by atoms with Crippen molar-refractivity contribution in [3.05, 3.63) is 29.5 Å². The second-order valence-corrected chi connectivity index (χ2v) is 9.21. The van der Waals surface area contributed by atoms with E-state index in [0.29, 0.717) is 18.9 Å². The highest BCUT2D eigenvalue weighted by atomic mass is 33.1. The topological polar surface area (TPSA) is 55.1 Å². The first-order valence-electron chi connectivity index (χ1n) is 7.84. The molecule has 1 aliphatic heterocycles. The minimum atomic E-state index is 0.0964. The first kappa shape index (κ1) is 16.9. The fourth-order valence-electron chi connectivity index (χ4n) is 2.40. The van der Waals surface area contributed by atoms with Crippen LogP contribution in [-0.2, 0) is 11.3 Å². The van der Waals surface area contributed by atoms with Crippen molar-refractivity contribution in [3.63, 3.8) is 0 Å². The maximum atomic E-state index is 11.9. The number of rotatable bonds is 8. The Labute approximate surface area is 148 Å². The Kier molecular flexibility index (Phi) is 6.47. The van der Waals surface area contributed by atoms with Gasteiger partial charge < -0.3 is 9.73 Å². The number of carbonyl (C=O) groups excluding carboxylic acids is 1. The lowest BCUT2D eigenvalue weighted by molar-refractivity contribution is -0.121. The molecule has 7 heteroatoms. The molecule has 1 aliphatic rings. The van der Waals surface area contributed by atoms with Gasteiger partial charge in [0.15, 0.2) is 0 Å². The Morgan fingerprint density at radius 3 is 3.17 bits per heavy atom. The third-order valence-corrected chi connectivity index (χ3v) is 7.52. The maximum absolute atomic E-state index is 11.9. The molecule has 23 heavy (non-hydrogen) atoms. The van der Waals surface area contributed by atoms with Crippen molar-refractivity contribution in [1.29, 1.82) is 0 Å². The van der Waals surface area contributed by atoms with Crippen molar-refractivity contribution in [1.82, 2.24) is 10.3 Å². The van der Waals surface area contributed by atoms with Gasteiger partial charge in [0.05, 0.1) is 17.1 Å². The summed E-state index contributed by atoms with van der Waals surface area (Å²) in [5, 5.41) is 5.71. The molecule has 124 valence electrons. The minimum Gasteiger partial charge on any atom is -0.443 e. The van der Waals surface area contributed by atoms with Crippen molar-refractivity contribution in [2.75, 3.05) is 5.75 Å². The van der Waals surface area contributed by atoms with E-state index in [1.54, 1.807) is 17.6 Å². The third kappa shape index (κ3) is 5.29. The van der Waals surface area contributed by atoms with Gasteiger partial charge >= 0.3 is 0 Å². The zero-order valence-corrected chi connectivity index (χ0v) is 15.3. The molecule has 2 aromatic rings. The van der Waals surface area contributed by atoms with Crippen LogP contribution in [0, 0.1) is 0 Å². The van der Waals surface area contributed by atoms with Crippen LogP contribution in [0.3, 0.4) is 0 Å². The molecule has 3 rings (SSSR count). The molecule has 0 aliphatic carbocycles. The van der Waals surface area contributed by atoms with Gasteiger partial charge in [-0.05, 0) is 30.7 Å². The van der Waals surface area contributed by atoms with E-state index >= 15 is 0 Å². The molecule has 1 fully saturated rings. The van der Waals surface area contributed by atoms with E-state index in [0.717, 1.165) is 28.7 Å². The third-order valence-electron chi connectivity index (χ3n) is 3.66. The summed E-state index contributed by atoms with van der Waals surface area (Å²) in [5.41, 5.74) is 0.765. The van der Waals surface area contributed by atoms with Crippen LogP contribution in [0.1, 0.15) is 37.8 Å². The van der Waals surface area contributed by atoms with Crippen LogP contribution in [0.5, 0.6) is 0 Å². The molecule has 1 N–H and O–H groups in total. The Bertz CT molecular complexity index is 607. The Morgan fingerprint density at radius 2 is 2.39 bits per heavy atom. The first-order valence-corrected chi connectivity index (χ1v) is 11.1. The highest BCUT2D eigenvalue weighted by molar-refractivity contribution is 8.77. The minimum absolute atomic E-state index is 0.0964.